The summed E-state index contributed by atoms with van der Waals surface area (Å²) in [5.41, 5.74) is 2.66. The molecule has 0 spiro atoms. The molecule has 2 aromatic carbocycles. The van der Waals surface area contributed by atoms with Crippen LogP contribution in [0.25, 0.3) is 11.1 Å². The van der Waals surface area contributed by atoms with E-state index < -0.39 is 0 Å². The van der Waals surface area contributed by atoms with E-state index in [-0.39, 0.29) is 23.5 Å². The number of benzene rings is 2. The number of aromatic nitrogens is 1. The molecule has 178 valence electrons. The van der Waals surface area contributed by atoms with Gasteiger partial charge in [0.15, 0.2) is 0 Å². The van der Waals surface area contributed by atoms with E-state index in [2.05, 4.69) is 10.3 Å². The van der Waals surface area contributed by atoms with E-state index in [0.29, 0.717) is 44.1 Å². The van der Waals surface area contributed by atoms with Gasteiger partial charge in [-0.1, -0.05) is 30.3 Å². The number of rotatable bonds is 8. The number of halogens is 1. The van der Waals surface area contributed by atoms with Crippen molar-refractivity contribution in [2.75, 3.05) is 31.6 Å². The van der Waals surface area contributed by atoms with Gasteiger partial charge in [-0.25, -0.2) is 9.37 Å². The largest absolute Gasteiger partial charge is 0.381 e. The maximum atomic E-state index is 13.3. The fraction of sp³-hybridized carbons (Fsp3) is 0.346. The highest BCUT2D eigenvalue weighted by atomic mass is 32.1. The van der Waals surface area contributed by atoms with Gasteiger partial charge in [0.05, 0.1) is 18.0 Å². The molecule has 1 aromatic heterocycles. The number of hydrogen-bond acceptors (Lipinski definition) is 5. The first-order valence-corrected chi connectivity index (χ1v) is 12.4. The Morgan fingerprint density at radius 1 is 1.15 bits per heavy atom. The first-order chi connectivity index (χ1) is 16.5. The summed E-state index contributed by atoms with van der Waals surface area (Å²) in [5.74, 6) is -0.207. The second kappa shape index (κ2) is 11.4. The third-order valence-electron chi connectivity index (χ3n) is 5.95. The Kier molecular flexibility index (Phi) is 8.03. The molecule has 0 bridgehead atoms. The molecular formula is C26H28FN3O3S. The van der Waals surface area contributed by atoms with Crippen LogP contribution in [0.15, 0.2) is 53.9 Å². The molecule has 1 N–H and O–H groups in total. The maximum absolute atomic E-state index is 13.3. The number of nitrogens with zero attached hydrogens (tertiary/aromatic N) is 2. The number of likely N-dealkylation sites (tertiary alicyclic amines) is 1. The van der Waals surface area contributed by atoms with Crippen molar-refractivity contribution in [2.24, 2.45) is 0 Å². The van der Waals surface area contributed by atoms with Crippen molar-refractivity contribution in [3.63, 3.8) is 0 Å². The Hall–Kier alpha value is -3.10. The highest BCUT2D eigenvalue weighted by molar-refractivity contribution is 7.10. The summed E-state index contributed by atoms with van der Waals surface area (Å²) in [6.45, 7) is 4.39. The average Bonchev–Trinajstić information content (AvgIpc) is 3.36. The lowest BCUT2D eigenvalue weighted by Crippen LogP contribution is -2.38. The predicted octanol–water partition coefficient (Wildman–Crippen LogP) is 5.33. The fourth-order valence-corrected chi connectivity index (χ4v) is 5.05. The molecule has 1 saturated heterocycles. The quantitative estimate of drug-likeness (QED) is 0.441. The Balaban J connectivity index is 1.37. The molecular weight excluding hydrogens is 453 g/mol. The molecule has 0 radical (unpaired) electrons. The molecule has 0 atom stereocenters. The van der Waals surface area contributed by atoms with Crippen LogP contribution in [0, 0.1) is 5.82 Å². The minimum Gasteiger partial charge on any atom is -0.381 e. The highest BCUT2D eigenvalue weighted by Gasteiger charge is 2.26. The summed E-state index contributed by atoms with van der Waals surface area (Å²) in [5, 5.41) is 5.66. The first-order valence-electron chi connectivity index (χ1n) is 11.5. The third kappa shape index (κ3) is 5.87. The van der Waals surface area contributed by atoms with Crippen LogP contribution >= 0.6 is 11.3 Å². The SMILES string of the molecule is CCOCCC(=O)N1CCC(c2nc(C(=O)Nc3ccccc3-c3ccc(F)cc3)cs2)CC1. The summed E-state index contributed by atoms with van der Waals surface area (Å²) in [7, 11) is 0. The average molecular weight is 482 g/mol. The number of thiazole rings is 1. The molecule has 3 aromatic rings. The zero-order valence-corrected chi connectivity index (χ0v) is 19.9. The normalized spacial score (nSPS) is 14.2. The van der Waals surface area contributed by atoms with Gasteiger partial charge in [-0.15, -0.1) is 11.3 Å². The fourth-order valence-electron chi connectivity index (χ4n) is 4.08. The number of ether oxygens (including phenoxy) is 1. The Morgan fingerprint density at radius 2 is 1.88 bits per heavy atom. The molecule has 0 unspecified atom stereocenters. The van der Waals surface area contributed by atoms with Crippen LogP contribution < -0.4 is 5.32 Å². The van der Waals surface area contributed by atoms with Gasteiger partial charge in [0, 0.05) is 42.2 Å². The monoisotopic (exact) mass is 481 g/mol. The molecule has 1 aliphatic heterocycles. The lowest BCUT2D eigenvalue weighted by atomic mass is 9.97. The van der Waals surface area contributed by atoms with Gasteiger partial charge in [-0.3, -0.25) is 9.59 Å². The smallest absolute Gasteiger partial charge is 0.275 e. The number of piperidine rings is 1. The predicted molar refractivity (Wildman–Crippen MR) is 132 cm³/mol. The van der Waals surface area contributed by atoms with E-state index in [1.54, 1.807) is 17.5 Å². The number of anilines is 1. The summed E-state index contributed by atoms with van der Waals surface area (Å²) in [4.78, 5) is 31.7. The Bertz CT molecular complexity index is 1120. The lowest BCUT2D eigenvalue weighted by Gasteiger charge is -2.31. The van der Waals surface area contributed by atoms with E-state index in [1.165, 1.54) is 23.5 Å². The van der Waals surface area contributed by atoms with Gasteiger partial charge < -0.3 is 15.0 Å². The van der Waals surface area contributed by atoms with Crippen molar-refractivity contribution in [1.29, 1.82) is 0 Å². The van der Waals surface area contributed by atoms with Gasteiger partial charge in [-0.05, 0) is 43.5 Å². The summed E-state index contributed by atoms with van der Waals surface area (Å²) < 4.78 is 18.6. The van der Waals surface area contributed by atoms with Crippen LogP contribution in [0.1, 0.15) is 47.6 Å². The number of nitrogens with one attached hydrogen (secondary N) is 1. The lowest BCUT2D eigenvalue weighted by molar-refractivity contribution is -0.133. The second-order valence-electron chi connectivity index (χ2n) is 8.18. The molecule has 4 rings (SSSR count). The number of carbonyl (C=O) groups excluding carboxylic acids is 2. The molecule has 0 saturated carbocycles. The van der Waals surface area contributed by atoms with Crippen molar-refractivity contribution in [1.82, 2.24) is 9.88 Å². The summed E-state index contributed by atoms with van der Waals surface area (Å²) in [6, 6.07) is 13.6. The number of hydrogen-bond donors (Lipinski definition) is 1. The number of para-hydroxylation sites is 1. The summed E-state index contributed by atoms with van der Waals surface area (Å²) >= 11 is 1.49. The molecule has 0 aliphatic carbocycles. The molecule has 1 aliphatic rings. The zero-order valence-electron chi connectivity index (χ0n) is 19.1. The van der Waals surface area contributed by atoms with Crippen LogP contribution in [0.5, 0.6) is 0 Å². The number of amides is 2. The van der Waals surface area contributed by atoms with E-state index in [0.717, 1.165) is 29.0 Å². The minimum absolute atomic E-state index is 0.130. The van der Waals surface area contributed by atoms with Gasteiger partial charge in [-0.2, -0.15) is 0 Å². The topological polar surface area (TPSA) is 71.5 Å². The van der Waals surface area contributed by atoms with Crippen molar-refractivity contribution in [3.8, 4) is 11.1 Å². The first kappa shape index (κ1) is 24.0. The van der Waals surface area contributed by atoms with Gasteiger partial charge in [0.1, 0.15) is 11.5 Å². The Morgan fingerprint density at radius 3 is 2.62 bits per heavy atom. The van der Waals surface area contributed by atoms with Gasteiger partial charge >= 0.3 is 0 Å². The van der Waals surface area contributed by atoms with Crippen molar-refractivity contribution in [2.45, 2.75) is 32.1 Å². The van der Waals surface area contributed by atoms with E-state index in [4.69, 9.17) is 4.74 Å². The third-order valence-corrected chi connectivity index (χ3v) is 6.95. The van der Waals surface area contributed by atoms with E-state index in [1.807, 2.05) is 36.1 Å². The molecule has 2 heterocycles. The molecule has 1 fully saturated rings. The Labute approximate surface area is 202 Å². The second-order valence-corrected chi connectivity index (χ2v) is 9.07. The van der Waals surface area contributed by atoms with Crippen LogP contribution in [0.3, 0.4) is 0 Å². The van der Waals surface area contributed by atoms with E-state index in [9.17, 15) is 14.0 Å². The summed E-state index contributed by atoms with van der Waals surface area (Å²) in [6.07, 6.45) is 2.09. The zero-order chi connectivity index (χ0) is 23.9. The molecule has 8 heteroatoms. The van der Waals surface area contributed by atoms with Crippen molar-refractivity contribution in [3.05, 3.63) is 70.4 Å². The minimum atomic E-state index is -0.305. The number of carbonyl (C=O) groups is 2. The highest BCUT2D eigenvalue weighted by Crippen LogP contribution is 2.32. The van der Waals surface area contributed by atoms with Crippen LogP contribution in [0.4, 0.5) is 10.1 Å². The van der Waals surface area contributed by atoms with E-state index >= 15 is 0 Å². The standard InChI is InChI=1S/C26H28FN3O3S/c1-2-33-16-13-24(31)30-14-11-19(12-15-30)26-29-23(17-34-26)25(32)28-22-6-4-3-5-21(22)18-7-9-20(27)10-8-18/h3-10,17,19H,2,11-16H2,1H3,(H,28,32). The van der Waals surface area contributed by atoms with Crippen molar-refractivity contribution >= 4 is 28.8 Å². The molecule has 2 amide bonds. The van der Waals surface area contributed by atoms with Crippen LogP contribution in [-0.2, 0) is 9.53 Å². The van der Waals surface area contributed by atoms with Crippen molar-refractivity contribution < 1.29 is 18.7 Å². The van der Waals surface area contributed by atoms with Crippen LogP contribution in [0.2, 0.25) is 0 Å². The molecule has 6 nitrogen and oxygen atoms in total. The van der Waals surface area contributed by atoms with Gasteiger partial charge in [0.25, 0.3) is 5.91 Å². The maximum Gasteiger partial charge on any atom is 0.275 e. The van der Waals surface area contributed by atoms with Gasteiger partial charge in [0.2, 0.25) is 5.91 Å². The molecule has 34 heavy (non-hydrogen) atoms. The van der Waals surface area contributed by atoms with Crippen LogP contribution in [-0.4, -0.2) is 48.0 Å².